The molecular weight excluding hydrogens is 483 g/mol. The van der Waals surface area contributed by atoms with Crippen molar-refractivity contribution < 1.29 is 37.0 Å². The monoisotopic (exact) mass is 505 g/mol. The fourth-order valence-corrected chi connectivity index (χ4v) is 3.11. The van der Waals surface area contributed by atoms with Crippen molar-refractivity contribution in [2.45, 2.75) is 13.1 Å². The van der Waals surface area contributed by atoms with Gasteiger partial charge in [-0.25, -0.2) is 14.5 Å². The Morgan fingerprint density at radius 1 is 0.972 bits per heavy atom. The number of rotatable bonds is 9. The predicted octanol–water partition coefficient (Wildman–Crippen LogP) is 2.63. The molecule has 0 unspecified atom stereocenters. The van der Waals surface area contributed by atoms with Gasteiger partial charge in [-0.1, -0.05) is 18.2 Å². The average molecular weight is 505 g/mol. The summed E-state index contributed by atoms with van der Waals surface area (Å²) in [7, 11) is 1.13. The number of amides is 2. The summed E-state index contributed by atoms with van der Waals surface area (Å²) in [4.78, 5) is 41.0. The highest BCUT2D eigenvalue weighted by Gasteiger charge is 2.39. The number of halogens is 3. The second kappa shape index (κ2) is 11.3. The SMILES string of the molecule is CCOc1ccc(C(=O)NCCNC(=O)c2cn(-c3ccccc3)nc2C(F)(F)F)c(C(=O)OC)n1. The average Bonchev–Trinajstić information content (AvgIpc) is 3.33. The summed E-state index contributed by atoms with van der Waals surface area (Å²) < 4.78 is 51.2. The molecule has 0 aliphatic heterocycles. The van der Waals surface area contributed by atoms with Gasteiger partial charge in [0.15, 0.2) is 11.4 Å². The largest absolute Gasteiger partial charge is 0.478 e. The molecule has 2 aromatic heterocycles. The van der Waals surface area contributed by atoms with E-state index in [0.29, 0.717) is 12.3 Å². The number of nitrogens with zero attached hydrogens (tertiary/aromatic N) is 3. The summed E-state index contributed by atoms with van der Waals surface area (Å²) >= 11 is 0. The van der Waals surface area contributed by atoms with Crippen molar-refractivity contribution in [2.24, 2.45) is 0 Å². The van der Waals surface area contributed by atoms with Crippen molar-refractivity contribution in [3.8, 4) is 11.6 Å². The van der Waals surface area contributed by atoms with Crippen LogP contribution in [0.25, 0.3) is 5.69 Å². The minimum Gasteiger partial charge on any atom is -0.478 e. The normalized spacial score (nSPS) is 11.0. The van der Waals surface area contributed by atoms with Crippen molar-refractivity contribution >= 4 is 17.8 Å². The van der Waals surface area contributed by atoms with Crippen molar-refractivity contribution in [1.29, 1.82) is 0 Å². The van der Waals surface area contributed by atoms with Crippen LogP contribution >= 0.6 is 0 Å². The Balaban J connectivity index is 1.66. The van der Waals surface area contributed by atoms with Gasteiger partial charge in [0.2, 0.25) is 5.88 Å². The Labute approximate surface area is 203 Å². The van der Waals surface area contributed by atoms with E-state index >= 15 is 0 Å². The van der Waals surface area contributed by atoms with E-state index in [9.17, 15) is 27.6 Å². The second-order valence-corrected chi connectivity index (χ2v) is 7.15. The molecular formula is C23H22F3N5O5. The number of pyridine rings is 1. The lowest BCUT2D eigenvalue weighted by molar-refractivity contribution is -0.141. The van der Waals surface area contributed by atoms with Crippen LogP contribution in [0.1, 0.15) is 43.8 Å². The molecule has 0 bridgehead atoms. The number of methoxy groups -OCH3 is 1. The highest BCUT2D eigenvalue weighted by Crippen LogP contribution is 2.31. The molecule has 0 aliphatic carbocycles. The molecule has 0 saturated heterocycles. The highest BCUT2D eigenvalue weighted by atomic mass is 19.4. The maximum absolute atomic E-state index is 13.5. The third-order valence-corrected chi connectivity index (χ3v) is 4.73. The van der Waals surface area contributed by atoms with Crippen LogP contribution in [0.15, 0.2) is 48.7 Å². The van der Waals surface area contributed by atoms with Crippen LogP contribution in [0.4, 0.5) is 13.2 Å². The second-order valence-electron chi connectivity index (χ2n) is 7.15. The van der Waals surface area contributed by atoms with Crippen molar-refractivity contribution in [3.05, 3.63) is 71.2 Å². The first-order valence-electron chi connectivity index (χ1n) is 10.7. The standard InChI is InChI=1S/C23H22F3N5O5/c1-3-36-17-10-9-15(18(29-17)22(34)35-2)20(32)27-11-12-28-21(33)16-13-31(14-7-5-4-6-8-14)30-19(16)23(24,25)26/h4-10,13H,3,11-12H2,1-2H3,(H,27,32)(H,28,33). The van der Waals surface area contributed by atoms with E-state index in [4.69, 9.17) is 4.74 Å². The van der Waals surface area contributed by atoms with Crippen LogP contribution in [0.5, 0.6) is 5.88 Å². The number of hydrogen-bond donors (Lipinski definition) is 2. The molecule has 0 radical (unpaired) electrons. The number of aromatic nitrogens is 3. The summed E-state index contributed by atoms with van der Waals surface area (Å²) in [6, 6.07) is 10.8. The van der Waals surface area contributed by atoms with E-state index in [1.165, 1.54) is 12.1 Å². The lowest BCUT2D eigenvalue weighted by Gasteiger charge is -2.11. The molecule has 36 heavy (non-hydrogen) atoms. The third-order valence-electron chi connectivity index (χ3n) is 4.73. The number of hydrogen-bond acceptors (Lipinski definition) is 7. The van der Waals surface area contributed by atoms with E-state index in [1.54, 1.807) is 37.3 Å². The highest BCUT2D eigenvalue weighted by molar-refractivity contribution is 6.04. The maximum atomic E-state index is 13.5. The lowest BCUT2D eigenvalue weighted by atomic mass is 10.1. The van der Waals surface area contributed by atoms with Crippen LogP contribution in [-0.2, 0) is 10.9 Å². The quantitative estimate of drug-likeness (QED) is 0.338. The summed E-state index contributed by atoms with van der Waals surface area (Å²) in [5.41, 5.74) is -2.02. The van der Waals surface area contributed by atoms with Gasteiger partial charge in [0.1, 0.15) is 0 Å². The predicted molar refractivity (Wildman–Crippen MR) is 120 cm³/mol. The molecule has 3 aromatic rings. The Bertz CT molecular complexity index is 1240. The van der Waals surface area contributed by atoms with Crippen molar-refractivity contribution in [1.82, 2.24) is 25.4 Å². The van der Waals surface area contributed by atoms with Crippen LogP contribution in [-0.4, -0.2) is 59.4 Å². The Morgan fingerprint density at radius 3 is 2.19 bits per heavy atom. The molecule has 2 amide bonds. The minimum absolute atomic E-state index is 0.0971. The fraction of sp³-hybridized carbons (Fsp3) is 0.261. The number of esters is 1. The maximum Gasteiger partial charge on any atom is 0.435 e. The first-order valence-corrected chi connectivity index (χ1v) is 10.7. The summed E-state index contributed by atoms with van der Waals surface area (Å²) in [6.07, 6.45) is -3.87. The molecule has 2 heterocycles. The van der Waals surface area contributed by atoms with Gasteiger partial charge in [-0.2, -0.15) is 18.3 Å². The first kappa shape index (κ1) is 26.2. The molecule has 0 spiro atoms. The number of benzene rings is 1. The number of alkyl halides is 3. The van der Waals surface area contributed by atoms with Crippen LogP contribution in [0.2, 0.25) is 0 Å². The van der Waals surface area contributed by atoms with Gasteiger partial charge in [-0.3, -0.25) is 9.59 Å². The van der Waals surface area contributed by atoms with Gasteiger partial charge < -0.3 is 20.1 Å². The van der Waals surface area contributed by atoms with E-state index in [0.717, 1.165) is 18.0 Å². The van der Waals surface area contributed by atoms with Crippen LogP contribution < -0.4 is 15.4 Å². The van der Waals surface area contributed by atoms with Gasteiger partial charge in [0.25, 0.3) is 11.8 Å². The fourth-order valence-electron chi connectivity index (χ4n) is 3.11. The third kappa shape index (κ3) is 6.17. The molecule has 2 N–H and O–H groups in total. The zero-order chi connectivity index (χ0) is 26.3. The van der Waals surface area contributed by atoms with Gasteiger partial charge in [0.05, 0.1) is 30.5 Å². The summed E-state index contributed by atoms with van der Waals surface area (Å²) in [5.74, 6) is -2.45. The van der Waals surface area contributed by atoms with Gasteiger partial charge >= 0.3 is 12.1 Å². The summed E-state index contributed by atoms with van der Waals surface area (Å²) in [5, 5.41) is 8.31. The van der Waals surface area contributed by atoms with E-state index in [1.807, 2.05) is 0 Å². The van der Waals surface area contributed by atoms with E-state index in [2.05, 4.69) is 25.5 Å². The smallest absolute Gasteiger partial charge is 0.435 e. The molecule has 3 rings (SSSR count). The Kier molecular flexibility index (Phi) is 8.25. The topological polar surface area (TPSA) is 124 Å². The zero-order valence-corrected chi connectivity index (χ0v) is 19.3. The molecule has 0 fully saturated rings. The van der Waals surface area contributed by atoms with Gasteiger partial charge in [0, 0.05) is 25.4 Å². The number of para-hydroxylation sites is 1. The first-order chi connectivity index (χ1) is 17.2. The molecule has 0 saturated carbocycles. The summed E-state index contributed by atoms with van der Waals surface area (Å²) in [6.45, 7) is 1.67. The van der Waals surface area contributed by atoms with Crippen molar-refractivity contribution in [2.75, 3.05) is 26.8 Å². The lowest BCUT2D eigenvalue weighted by Crippen LogP contribution is -2.36. The number of nitrogens with one attached hydrogen (secondary N) is 2. The zero-order valence-electron chi connectivity index (χ0n) is 19.3. The Hall–Kier alpha value is -4.42. The Morgan fingerprint density at radius 2 is 1.61 bits per heavy atom. The number of carbonyl (C=O) groups is 3. The number of ether oxygens (including phenoxy) is 2. The van der Waals surface area contributed by atoms with Crippen LogP contribution in [0, 0.1) is 0 Å². The van der Waals surface area contributed by atoms with E-state index in [-0.39, 0.29) is 30.2 Å². The molecule has 10 nitrogen and oxygen atoms in total. The van der Waals surface area contributed by atoms with E-state index < -0.39 is 35.2 Å². The molecule has 13 heteroatoms. The van der Waals surface area contributed by atoms with Crippen LogP contribution in [0.3, 0.4) is 0 Å². The van der Waals surface area contributed by atoms with Gasteiger partial charge in [-0.05, 0) is 25.1 Å². The minimum atomic E-state index is -4.86. The van der Waals surface area contributed by atoms with Crippen molar-refractivity contribution in [3.63, 3.8) is 0 Å². The molecule has 190 valence electrons. The molecule has 0 aliphatic rings. The number of carbonyl (C=O) groups excluding carboxylic acids is 3. The molecule has 1 aromatic carbocycles. The molecule has 0 atom stereocenters. The van der Waals surface area contributed by atoms with Gasteiger partial charge in [-0.15, -0.1) is 0 Å².